The summed E-state index contributed by atoms with van der Waals surface area (Å²) in [6, 6.07) is 2.16. The van der Waals surface area contributed by atoms with Gasteiger partial charge in [0.15, 0.2) is 0 Å². The lowest BCUT2D eigenvalue weighted by molar-refractivity contribution is -0.140. The van der Waals surface area contributed by atoms with E-state index in [1.807, 2.05) is 0 Å². The molecule has 0 aliphatic carbocycles. The Morgan fingerprint density at radius 2 is 2.00 bits per heavy atom. The summed E-state index contributed by atoms with van der Waals surface area (Å²) < 4.78 is 55.9. The molecule has 2 rings (SSSR count). The third kappa shape index (κ3) is 3.08. The Hall–Kier alpha value is -1.65. The van der Waals surface area contributed by atoms with Gasteiger partial charge < -0.3 is 9.72 Å². The molecule has 1 aromatic heterocycles. The predicted octanol–water partition coefficient (Wildman–Crippen LogP) is 3.32. The van der Waals surface area contributed by atoms with Crippen LogP contribution in [-0.2, 0) is 6.18 Å². The third-order valence-electron chi connectivity index (χ3n) is 2.22. The highest BCUT2D eigenvalue weighted by Crippen LogP contribution is 2.34. The van der Waals surface area contributed by atoms with Crippen LogP contribution in [0, 0.1) is 9.39 Å². The fraction of sp³-hybridized carbons (Fsp3) is 0.0909. The molecular weight excluding hydrogens is 395 g/mol. The molecule has 9 heteroatoms. The van der Waals surface area contributed by atoms with Gasteiger partial charge in [0, 0.05) is 0 Å². The Labute approximate surface area is 122 Å². The highest BCUT2D eigenvalue weighted by Gasteiger charge is 2.34. The number of nitrogens with zero attached hydrogens (tertiary/aromatic N) is 1. The van der Waals surface area contributed by atoms with Gasteiger partial charge in [0.05, 0.1) is 11.9 Å². The first-order chi connectivity index (χ1) is 9.29. The topological polar surface area (TPSA) is 55.0 Å². The van der Waals surface area contributed by atoms with Crippen molar-refractivity contribution in [3.05, 3.63) is 49.8 Å². The summed E-state index contributed by atoms with van der Waals surface area (Å²) in [5.74, 6) is -1.83. The van der Waals surface area contributed by atoms with Gasteiger partial charge in [-0.05, 0) is 40.8 Å². The first kappa shape index (κ1) is 14.8. The minimum absolute atomic E-state index is 0.0722. The Morgan fingerprint density at radius 1 is 1.30 bits per heavy atom. The van der Waals surface area contributed by atoms with E-state index in [0.717, 1.165) is 12.4 Å². The Balaban J connectivity index is 2.40. The van der Waals surface area contributed by atoms with Crippen LogP contribution in [0.5, 0.6) is 11.6 Å². The predicted molar refractivity (Wildman–Crippen MR) is 69.1 cm³/mol. The maximum atomic E-state index is 13.1. The summed E-state index contributed by atoms with van der Waals surface area (Å²) >= 11 is 1.64. The number of H-pyrrole nitrogens is 1. The minimum Gasteiger partial charge on any atom is -0.438 e. The minimum atomic E-state index is -4.84. The number of aromatic amines is 1. The highest BCUT2D eigenvalue weighted by atomic mass is 127. The molecule has 4 nitrogen and oxygen atoms in total. The Bertz CT molecular complexity index is 700. The summed E-state index contributed by atoms with van der Waals surface area (Å²) in [5.41, 5.74) is -1.94. The van der Waals surface area contributed by atoms with Crippen LogP contribution < -0.4 is 10.3 Å². The summed E-state index contributed by atoms with van der Waals surface area (Å²) in [7, 11) is 0. The summed E-state index contributed by atoms with van der Waals surface area (Å²) in [5, 5.41) is 0. The largest absolute Gasteiger partial charge is 0.438 e. The monoisotopic (exact) mass is 400 g/mol. The second kappa shape index (κ2) is 5.38. The second-order valence-corrected chi connectivity index (χ2v) is 4.67. The number of rotatable bonds is 2. The van der Waals surface area contributed by atoms with Crippen molar-refractivity contribution in [1.29, 1.82) is 0 Å². The van der Waals surface area contributed by atoms with Crippen LogP contribution in [0.15, 0.2) is 29.3 Å². The average Bonchev–Trinajstić information content (AvgIpc) is 2.36. The van der Waals surface area contributed by atoms with E-state index >= 15 is 0 Å². The van der Waals surface area contributed by atoms with Crippen LogP contribution in [-0.4, -0.2) is 9.97 Å². The molecule has 1 aromatic carbocycles. The van der Waals surface area contributed by atoms with Gasteiger partial charge in [-0.2, -0.15) is 13.2 Å². The van der Waals surface area contributed by atoms with Crippen LogP contribution >= 0.6 is 22.6 Å². The fourth-order valence-corrected chi connectivity index (χ4v) is 1.74. The standard InChI is InChI=1S/C11H5F4IN2O2/c12-7-2-1-5(3-6(7)11(13,14)15)20-10-8(16)9(19)17-4-18-10/h1-4H,(H,17,18,19). The van der Waals surface area contributed by atoms with Gasteiger partial charge in [-0.15, -0.1) is 0 Å². The van der Waals surface area contributed by atoms with Gasteiger partial charge in [0.25, 0.3) is 5.56 Å². The lowest BCUT2D eigenvalue weighted by atomic mass is 10.2. The van der Waals surface area contributed by atoms with Crippen molar-refractivity contribution in [2.24, 2.45) is 0 Å². The Kier molecular flexibility index (Phi) is 3.97. The van der Waals surface area contributed by atoms with Gasteiger partial charge in [-0.3, -0.25) is 4.79 Å². The van der Waals surface area contributed by atoms with Gasteiger partial charge in [-0.25, -0.2) is 9.37 Å². The van der Waals surface area contributed by atoms with Crippen molar-refractivity contribution >= 4 is 22.6 Å². The summed E-state index contributed by atoms with van der Waals surface area (Å²) in [6.07, 6.45) is -3.79. The molecule has 0 saturated heterocycles. The number of hydrogen-bond acceptors (Lipinski definition) is 3. The van der Waals surface area contributed by atoms with Crippen molar-refractivity contribution in [1.82, 2.24) is 9.97 Å². The van der Waals surface area contributed by atoms with Gasteiger partial charge in [-0.1, -0.05) is 0 Å². The van der Waals surface area contributed by atoms with E-state index in [1.165, 1.54) is 0 Å². The maximum absolute atomic E-state index is 13.1. The molecule has 0 radical (unpaired) electrons. The molecule has 0 atom stereocenters. The van der Waals surface area contributed by atoms with Crippen molar-refractivity contribution < 1.29 is 22.3 Å². The molecule has 1 heterocycles. The SMILES string of the molecule is O=c1[nH]cnc(Oc2ccc(F)c(C(F)(F)F)c2)c1I. The molecule has 20 heavy (non-hydrogen) atoms. The average molecular weight is 400 g/mol. The molecule has 0 amide bonds. The molecule has 0 unspecified atom stereocenters. The Morgan fingerprint density at radius 3 is 2.65 bits per heavy atom. The van der Waals surface area contributed by atoms with Gasteiger partial charge >= 0.3 is 6.18 Å². The van der Waals surface area contributed by atoms with E-state index in [9.17, 15) is 22.4 Å². The zero-order chi connectivity index (χ0) is 14.9. The molecule has 0 saturated carbocycles. The fourth-order valence-electron chi connectivity index (χ4n) is 1.33. The van der Waals surface area contributed by atoms with E-state index in [-0.39, 0.29) is 15.2 Å². The molecular formula is C11H5F4IN2O2. The molecule has 0 fully saturated rings. The number of aromatic nitrogens is 2. The quantitative estimate of drug-likeness (QED) is 0.622. The number of hydrogen-bond donors (Lipinski definition) is 1. The first-order valence-corrected chi connectivity index (χ1v) is 6.14. The van der Waals surface area contributed by atoms with Crippen LogP contribution in [0.2, 0.25) is 0 Å². The normalized spacial score (nSPS) is 11.4. The van der Waals surface area contributed by atoms with Crippen LogP contribution in [0.25, 0.3) is 0 Å². The van der Waals surface area contributed by atoms with E-state index in [2.05, 4.69) is 9.97 Å². The van der Waals surface area contributed by atoms with Gasteiger partial charge in [0.2, 0.25) is 5.88 Å². The number of nitrogens with one attached hydrogen (secondary N) is 1. The second-order valence-electron chi connectivity index (χ2n) is 3.59. The van der Waals surface area contributed by atoms with Crippen molar-refractivity contribution in [2.45, 2.75) is 6.18 Å². The number of halogens is 5. The lowest BCUT2D eigenvalue weighted by Gasteiger charge is -2.10. The third-order valence-corrected chi connectivity index (χ3v) is 3.17. The smallest absolute Gasteiger partial charge is 0.419 e. The molecule has 0 aliphatic rings. The molecule has 1 N–H and O–H groups in total. The molecule has 2 aromatic rings. The van der Waals surface area contributed by atoms with Crippen LogP contribution in [0.4, 0.5) is 17.6 Å². The molecule has 0 spiro atoms. The molecule has 106 valence electrons. The van der Waals surface area contributed by atoms with E-state index < -0.39 is 23.1 Å². The summed E-state index contributed by atoms with van der Waals surface area (Å²) in [6.45, 7) is 0. The molecule has 0 bridgehead atoms. The number of ether oxygens (including phenoxy) is 1. The van der Waals surface area contributed by atoms with Crippen molar-refractivity contribution in [2.75, 3.05) is 0 Å². The lowest BCUT2D eigenvalue weighted by Crippen LogP contribution is -2.12. The van der Waals surface area contributed by atoms with Crippen LogP contribution in [0.1, 0.15) is 5.56 Å². The zero-order valence-corrected chi connectivity index (χ0v) is 11.6. The highest BCUT2D eigenvalue weighted by molar-refractivity contribution is 14.1. The van der Waals surface area contributed by atoms with Crippen molar-refractivity contribution in [3.8, 4) is 11.6 Å². The first-order valence-electron chi connectivity index (χ1n) is 5.07. The zero-order valence-electron chi connectivity index (χ0n) is 9.46. The molecule has 0 aliphatic heterocycles. The number of alkyl halides is 3. The van der Waals surface area contributed by atoms with E-state index in [0.29, 0.717) is 12.1 Å². The maximum Gasteiger partial charge on any atom is 0.419 e. The van der Waals surface area contributed by atoms with Crippen molar-refractivity contribution in [3.63, 3.8) is 0 Å². The van der Waals surface area contributed by atoms with E-state index in [1.54, 1.807) is 22.6 Å². The van der Waals surface area contributed by atoms with E-state index in [4.69, 9.17) is 4.74 Å². The number of benzene rings is 1. The summed E-state index contributed by atoms with van der Waals surface area (Å²) in [4.78, 5) is 17.3. The van der Waals surface area contributed by atoms with Crippen LogP contribution in [0.3, 0.4) is 0 Å². The van der Waals surface area contributed by atoms with Gasteiger partial charge in [0.1, 0.15) is 15.1 Å².